The highest BCUT2D eigenvalue weighted by Gasteiger charge is 2.69. The first-order valence-electron chi connectivity index (χ1n) is 8.63. The van der Waals surface area contributed by atoms with Crippen molar-refractivity contribution in [3.63, 3.8) is 0 Å². The van der Waals surface area contributed by atoms with Crippen LogP contribution in [0.5, 0.6) is 0 Å². The minimum absolute atomic E-state index is 0.0169. The lowest BCUT2D eigenvalue weighted by molar-refractivity contribution is -0.137. The van der Waals surface area contributed by atoms with Gasteiger partial charge in [0.2, 0.25) is 11.8 Å². The minimum atomic E-state index is -0.542. The maximum Gasteiger partial charge on any atom is 0.246 e. The fraction of sp³-hybridized carbons (Fsp3) is 0.579. The Morgan fingerprint density at radius 3 is 2.52 bits per heavy atom. The highest BCUT2D eigenvalue weighted by Crippen LogP contribution is 2.62. The van der Waals surface area contributed by atoms with Crippen molar-refractivity contribution < 1.29 is 9.59 Å². The molecule has 2 fully saturated rings. The summed E-state index contributed by atoms with van der Waals surface area (Å²) in [6.45, 7) is 2.20. The molecule has 1 aliphatic heterocycles. The summed E-state index contributed by atoms with van der Waals surface area (Å²) in [7, 11) is 1.64. The number of carbonyl (C=O) groups is 2. The summed E-state index contributed by atoms with van der Waals surface area (Å²) in [6.07, 6.45) is 5.59. The molecule has 3 nitrogen and oxygen atoms in total. The van der Waals surface area contributed by atoms with E-state index >= 15 is 0 Å². The lowest BCUT2D eigenvalue weighted by Gasteiger charge is -2.48. The van der Waals surface area contributed by atoms with Gasteiger partial charge in [-0.05, 0) is 24.2 Å². The number of hydrogen-bond acceptors (Lipinski definition) is 3. The molecule has 3 rings (SSSR count). The van der Waals surface area contributed by atoms with Crippen LogP contribution in [0.3, 0.4) is 0 Å². The van der Waals surface area contributed by atoms with E-state index in [4.69, 9.17) is 0 Å². The molecule has 0 aromatic heterocycles. The van der Waals surface area contributed by atoms with Crippen LogP contribution in [0.4, 0.5) is 0 Å². The van der Waals surface area contributed by atoms with Crippen LogP contribution in [0.1, 0.15) is 50.5 Å². The number of unbranched alkanes of at least 4 members (excludes halogenated alkanes) is 3. The number of nitrogens with zero attached hydrogens (tertiary/aromatic N) is 1. The fourth-order valence-electron chi connectivity index (χ4n) is 3.95. The predicted octanol–water partition coefficient (Wildman–Crippen LogP) is 3.84. The van der Waals surface area contributed by atoms with Crippen LogP contribution in [0.15, 0.2) is 30.3 Å². The van der Waals surface area contributed by atoms with Gasteiger partial charge in [0.25, 0.3) is 0 Å². The Morgan fingerprint density at radius 1 is 1.13 bits per heavy atom. The van der Waals surface area contributed by atoms with Gasteiger partial charge in [-0.25, -0.2) is 0 Å². The average molecular weight is 331 g/mol. The average Bonchev–Trinajstić information content (AvgIpc) is 2.68. The lowest BCUT2D eigenvalue weighted by Crippen LogP contribution is -2.54. The Balaban J connectivity index is 1.80. The van der Waals surface area contributed by atoms with E-state index in [1.54, 1.807) is 18.8 Å². The number of hydrogen-bond donors (Lipinski definition) is 0. The molecule has 1 heterocycles. The smallest absolute Gasteiger partial charge is 0.246 e. The third-order valence-electron chi connectivity index (χ3n) is 5.32. The zero-order valence-electron chi connectivity index (χ0n) is 14.0. The second-order valence-corrected chi connectivity index (χ2v) is 8.03. The van der Waals surface area contributed by atoms with Gasteiger partial charge in [-0.2, -0.15) is 0 Å². The van der Waals surface area contributed by atoms with Gasteiger partial charge < -0.3 is 0 Å². The highest BCUT2D eigenvalue weighted by atomic mass is 32.2. The summed E-state index contributed by atoms with van der Waals surface area (Å²) in [5.41, 5.74) is 1.20. The van der Waals surface area contributed by atoms with E-state index in [-0.39, 0.29) is 23.7 Å². The minimum Gasteiger partial charge on any atom is -0.284 e. The number of fused-ring (bicyclic) bond motifs is 1. The highest BCUT2D eigenvalue weighted by molar-refractivity contribution is 8.01. The maximum absolute atomic E-state index is 12.9. The molecular weight excluding hydrogens is 306 g/mol. The van der Waals surface area contributed by atoms with E-state index in [1.807, 2.05) is 18.2 Å². The van der Waals surface area contributed by atoms with Crippen LogP contribution >= 0.6 is 11.8 Å². The quantitative estimate of drug-likeness (QED) is 0.563. The third kappa shape index (κ3) is 2.61. The van der Waals surface area contributed by atoms with E-state index < -0.39 is 4.75 Å². The fourth-order valence-corrected chi connectivity index (χ4v) is 5.73. The van der Waals surface area contributed by atoms with Gasteiger partial charge in [0.1, 0.15) is 4.75 Å². The summed E-state index contributed by atoms with van der Waals surface area (Å²) < 4.78 is -0.542. The van der Waals surface area contributed by atoms with E-state index in [0.29, 0.717) is 0 Å². The van der Waals surface area contributed by atoms with Crippen molar-refractivity contribution in [1.82, 2.24) is 4.90 Å². The number of benzene rings is 1. The molecule has 23 heavy (non-hydrogen) atoms. The molecule has 2 aliphatic rings. The molecule has 3 atom stereocenters. The second-order valence-electron chi connectivity index (χ2n) is 6.66. The van der Waals surface area contributed by atoms with Gasteiger partial charge in [0.15, 0.2) is 0 Å². The van der Waals surface area contributed by atoms with Crippen LogP contribution in [-0.4, -0.2) is 34.3 Å². The normalized spacial score (nSPS) is 29.6. The van der Waals surface area contributed by atoms with E-state index in [9.17, 15) is 9.59 Å². The number of amides is 2. The molecule has 2 amide bonds. The van der Waals surface area contributed by atoms with E-state index in [1.165, 1.54) is 29.7 Å². The number of imide groups is 1. The van der Waals surface area contributed by atoms with Crippen LogP contribution in [-0.2, 0) is 9.59 Å². The molecule has 4 heteroatoms. The van der Waals surface area contributed by atoms with E-state index in [0.717, 1.165) is 18.6 Å². The predicted molar refractivity (Wildman–Crippen MR) is 94.4 cm³/mol. The first-order valence-corrected chi connectivity index (χ1v) is 9.62. The van der Waals surface area contributed by atoms with E-state index in [2.05, 4.69) is 19.1 Å². The summed E-state index contributed by atoms with van der Waals surface area (Å²) in [4.78, 5) is 26.6. The number of thioether (sulfide) groups is 1. The number of likely N-dealkylation sites (tertiary alicyclic amines) is 1. The van der Waals surface area contributed by atoms with Crippen LogP contribution < -0.4 is 0 Å². The summed E-state index contributed by atoms with van der Waals surface area (Å²) >= 11 is 1.74. The zero-order chi connectivity index (χ0) is 16.4. The van der Waals surface area contributed by atoms with Crippen molar-refractivity contribution in [3.8, 4) is 0 Å². The van der Waals surface area contributed by atoms with Crippen molar-refractivity contribution in [1.29, 1.82) is 0 Å². The summed E-state index contributed by atoms with van der Waals surface area (Å²) in [5.74, 6) is 1.05. The molecule has 0 unspecified atom stereocenters. The van der Waals surface area contributed by atoms with Gasteiger partial charge in [-0.15, -0.1) is 11.8 Å². The molecule has 0 radical (unpaired) electrons. The summed E-state index contributed by atoms with van der Waals surface area (Å²) in [5, 5.41) is 0. The molecule has 0 bridgehead atoms. The number of carbonyl (C=O) groups excluding carboxylic acids is 2. The van der Waals surface area contributed by atoms with Crippen LogP contribution in [0.2, 0.25) is 0 Å². The Morgan fingerprint density at radius 2 is 1.87 bits per heavy atom. The van der Waals surface area contributed by atoms with Gasteiger partial charge >= 0.3 is 0 Å². The van der Waals surface area contributed by atoms with Crippen LogP contribution in [0, 0.1) is 5.92 Å². The first-order chi connectivity index (χ1) is 11.1. The zero-order valence-corrected chi connectivity index (χ0v) is 14.8. The molecular formula is C19H25NO2S. The van der Waals surface area contributed by atoms with Crippen molar-refractivity contribution in [2.45, 2.75) is 49.7 Å². The second kappa shape index (κ2) is 6.68. The molecule has 1 aliphatic carbocycles. The SMILES string of the molecule is CCCCCCS[C@]12C(=O)N(C)C(=O)[C@H]1C[C@H]2c1ccccc1. The van der Waals surface area contributed by atoms with Gasteiger partial charge in [-0.3, -0.25) is 14.5 Å². The Kier molecular flexibility index (Phi) is 4.81. The summed E-state index contributed by atoms with van der Waals surface area (Å²) in [6, 6.07) is 10.2. The Labute approximate surface area is 142 Å². The standard InChI is InChI=1S/C19H25NO2S/c1-3-4-5-9-12-23-19-15(14-10-7-6-8-11-14)13-16(19)17(21)20(2)18(19)22/h6-8,10-11,15-16H,3-5,9,12-13H2,1-2H3/t15-,16+,19-/m0/s1. The third-order valence-corrected chi connectivity index (χ3v) is 7.03. The monoisotopic (exact) mass is 331 g/mol. The van der Waals surface area contributed by atoms with Crippen molar-refractivity contribution in [2.75, 3.05) is 12.8 Å². The van der Waals surface area contributed by atoms with Crippen molar-refractivity contribution >= 4 is 23.6 Å². The van der Waals surface area contributed by atoms with Crippen molar-refractivity contribution in [3.05, 3.63) is 35.9 Å². The van der Waals surface area contributed by atoms with Gasteiger partial charge in [0.05, 0.1) is 5.92 Å². The van der Waals surface area contributed by atoms with Gasteiger partial charge in [-0.1, -0.05) is 56.5 Å². The maximum atomic E-state index is 12.9. The molecule has 1 saturated heterocycles. The lowest BCUT2D eigenvalue weighted by atomic mass is 9.62. The molecule has 1 aromatic rings. The first kappa shape index (κ1) is 16.6. The van der Waals surface area contributed by atoms with Crippen LogP contribution in [0.25, 0.3) is 0 Å². The number of rotatable bonds is 7. The molecule has 124 valence electrons. The molecule has 0 spiro atoms. The topological polar surface area (TPSA) is 37.4 Å². The van der Waals surface area contributed by atoms with Gasteiger partial charge in [0, 0.05) is 13.0 Å². The largest absolute Gasteiger partial charge is 0.284 e. The Hall–Kier alpha value is -1.29. The molecule has 1 saturated carbocycles. The Bertz CT molecular complexity index is 588. The molecule has 0 N–H and O–H groups in total. The van der Waals surface area contributed by atoms with Crippen molar-refractivity contribution in [2.24, 2.45) is 5.92 Å². The molecule has 1 aromatic carbocycles.